The van der Waals surface area contributed by atoms with Gasteiger partial charge in [0.05, 0.1) is 22.9 Å². The Morgan fingerprint density at radius 3 is 2.65 bits per heavy atom. The number of aliphatic hydroxyl groups is 1. The molecule has 0 spiro atoms. The summed E-state index contributed by atoms with van der Waals surface area (Å²) in [7, 11) is 0. The second-order valence-electron chi connectivity index (χ2n) is 8.32. The number of hydrogen-bond acceptors (Lipinski definition) is 6. The maximum absolute atomic E-state index is 13.2. The summed E-state index contributed by atoms with van der Waals surface area (Å²) in [5.74, 6) is -1.83. The minimum atomic E-state index is -0.942. The minimum Gasteiger partial charge on any atom is -0.507 e. The van der Waals surface area contributed by atoms with Gasteiger partial charge in [0.15, 0.2) is 0 Å². The molecule has 9 nitrogen and oxygen atoms in total. The van der Waals surface area contributed by atoms with Gasteiger partial charge in [-0.25, -0.2) is 4.98 Å². The van der Waals surface area contributed by atoms with Crippen molar-refractivity contribution in [1.29, 1.82) is 0 Å². The molecule has 0 aliphatic carbocycles. The number of likely N-dealkylation sites (tertiary alicyclic amines) is 1. The predicted molar refractivity (Wildman–Crippen MR) is 125 cm³/mol. The molecule has 3 aromatic rings. The van der Waals surface area contributed by atoms with E-state index in [9.17, 15) is 24.8 Å². The number of imidazole rings is 1. The van der Waals surface area contributed by atoms with Crippen LogP contribution in [0.1, 0.15) is 34.7 Å². The highest BCUT2D eigenvalue weighted by Gasteiger charge is 2.46. The fourth-order valence-corrected chi connectivity index (χ4v) is 4.24. The largest absolute Gasteiger partial charge is 0.507 e. The summed E-state index contributed by atoms with van der Waals surface area (Å²) < 4.78 is 1.86. The van der Waals surface area contributed by atoms with Crippen LogP contribution in [-0.4, -0.2) is 42.7 Å². The molecule has 1 fully saturated rings. The highest BCUT2D eigenvalue weighted by Crippen LogP contribution is 2.40. The van der Waals surface area contributed by atoms with Gasteiger partial charge in [0, 0.05) is 43.2 Å². The standard InChI is InChI=1S/C25H24N4O5/c1-16-7-8-17(2)20(13-16)23(30)21-22(18-5-3-6-19(14-18)29(33)34)28(25(32)24(21)31)11-4-10-27-12-9-26-15-27/h3,5-9,12-15,22,30H,4,10-11H2,1-2H3. The van der Waals surface area contributed by atoms with E-state index in [2.05, 4.69) is 4.98 Å². The third kappa shape index (κ3) is 4.32. The number of hydrogen-bond donors (Lipinski definition) is 1. The number of Topliss-reactive ketones (excluding diaryl/α,β-unsaturated/α-hetero) is 1. The van der Waals surface area contributed by atoms with E-state index < -0.39 is 22.7 Å². The lowest BCUT2D eigenvalue weighted by molar-refractivity contribution is -0.384. The number of rotatable bonds is 7. The van der Waals surface area contributed by atoms with Crippen LogP contribution in [0, 0.1) is 24.0 Å². The summed E-state index contributed by atoms with van der Waals surface area (Å²) in [6.45, 7) is 4.46. The van der Waals surface area contributed by atoms with E-state index in [1.54, 1.807) is 37.8 Å². The Hall–Kier alpha value is -4.27. The fourth-order valence-electron chi connectivity index (χ4n) is 4.24. The van der Waals surface area contributed by atoms with E-state index >= 15 is 0 Å². The molecule has 9 heteroatoms. The molecule has 1 aliphatic heterocycles. The Morgan fingerprint density at radius 1 is 1.15 bits per heavy atom. The number of amides is 1. The van der Waals surface area contributed by atoms with Crippen LogP contribution in [0.2, 0.25) is 0 Å². The number of aryl methyl sites for hydroxylation is 3. The molecule has 1 aliphatic rings. The lowest BCUT2D eigenvalue weighted by Crippen LogP contribution is -2.31. The zero-order valence-electron chi connectivity index (χ0n) is 18.8. The zero-order chi connectivity index (χ0) is 24.4. The predicted octanol–water partition coefficient (Wildman–Crippen LogP) is 3.92. The molecule has 2 aromatic carbocycles. The first-order valence-electron chi connectivity index (χ1n) is 10.8. The first-order valence-corrected chi connectivity index (χ1v) is 10.8. The lowest BCUT2D eigenvalue weighted by Gasteiger charge is -2.25. The topological polar surface area (TPSA) is 119 Å². The maximum atomic E-state index is 13.2. The van der Waals surface area contributed by atoms with Gasteiger partial charge in [-0.15, -0.1) is 0 Å². The van der Waals surface area contributed by atoms with Crippen molar-refractivity contribution in [2.45, 2.75) is 32.9 Å². The molecule has 1 unspecified atom stereocenters. The first-order chi connectivity index (χ1) is 16.3. The number of carbonyl (C=O) groups is 2. The number of non-ortho nitro benzene ring substituents is 1. The van der Waals surface area contributed by atoms with Crippen LogP contribution < -0.4 is 0 Å². The van der Waals surface area contributed by atoms with Crippen molar-refractivity contribution in [3.05, 3.63) is 99.1 Å². The van der Waals surface area contributed by atoms with Crippen molar-refractivity contribution in [3.8, 4) is 0 Å². The molecule has 174 valence electrons. The molecule has 0 saturated carbocycles. The number of carbonyl (C=O) groups excluding carboxylic acids is 2. The molecular weight excluding hydrogens is 436 g/mol. The molecule has 1 saturated heterocycles. The van der Waals surface area contributed by atoms with E-state index in [0.717, 1.165) is 11.1 Å². The second kappa shape index (κ2) is 9.30. The van der Waals surface area contributed by atoms with Gasteiger partial charge >= 0.3 is 0 Å². The summed E-state index contributed by atoms with van der Waals surface area (Å²) in [6, 6.07) is 10.4. The molecule has 2 heterocycles. The van der Waals surface area contributed by atoms with Crippen LogP contribution in [0.3, 0.4) is 0 Å². The number of aliphatic hydroxyl groups excluding tert-OH is 1. The van der Waals surface area contributed by atoms with Crippen molar-refractivity contribution < 1.29 is 19.6 Å². The van der Waals surface area contributed by atoms with Gasteiger partial charge in [0.1, 0.15) is 5.76 Å². The summed E-state index contributed by atoms with van der Waals surface area (Å²) in [6.07, 6.45) is 5.64. The number of nitro groups is 1. The summed E-state index contributed by atoms with van der Waals surface area (Å²) >= 11 is 0. The van der Waals surface area contributed by atoms with Crippen LogP contribution in [0.5, 0.6) is 0 Å². The SMILES string of the molecule is Cc1ccc(C)c(C(O)=C2C(=O)C(=O)N(CCCn3ccnc3)C2c2cccc([N+](=O)[O-])c2)c1. The molecule has 1 N–H and O–H groups in total. The third-order valence-electron chi connectivity index (χ3n) is 5.96. The van der Waals surface area contributed by atoms with E-state index in [-0.39, 0.29) is 23.6 Å². The smallest absolute Gasteiger partial charge is 0.295 e. The van der Waals surface area contributed by atoms with Crippen molar-refractivity contribution in [1.82, 2.24) is 14.5 Å². The van der Waals surface area contributed by atoms with Crippen LogP contribution in [0.4, 0.5) is 5.69 Å². The zero-order valence-corrected chi connectivity index (χ0v) is 18.8. The number of nitrogens with zero attached hydrogens (tertiary/aromatic N) is 4. The Labute approximate surface area is 196 Å². The van der Waals surface area contributed by atoms with E-state index in [1.807, 2.05) is 23.6 Å². The third-order valence-corrected chi connectivity index (χ3v) is 5.96. The van der Waals surface area contributed by atoms with E-state index in [4.69, 9.17) is 0 Å². The van der Waals surface area contributed by atoms with E-state index in [1.165, 1.54) is 23.1 Å². The molecule has 1 aromatic heterocycles. The van der Waals surface area contributed by atoms with Crippen LogP contribution in [0.25, 0.3) is 5.76 Å². The Morgan fingerprint density at radius 2 is 1.94 bits per heavy atom. The summed E-state index contributed by atoms with van der Waals surface area (Å²) in [4.78, 5) is 42.5. The average Bonchev–Trinajstić information content (AvgIpc) is 3.42. The van der Waals surface area contributed by atoms with Crippen LogP contribution in [-0.2, 0) is 16.1 Å². The average molecular weight is 460 g/mol. The number of aromatic nitrogens is 2. The molecule has 34 heavy (non-hydrogen) atoms. The van der Waals surface area contributed by atoms with Crippen molar-refractivity contribution >= 4 is 23.1 Å². The number of ketones is 1. The lowest BCUT2D eigenvalue weighted by atomic mass is 9.93. The van der Waals surface area contributed by atoms with E-state index in [0.29, 0.717) is 24.1 Å². The van der Waals surface area contributed by atoms with Gasteiger partial charge in [0.25, 0.3) is 17.4 Å². The van der Waals surface area contributed by atoms with Crippen molar-refractivity contribution in [3.63, 3.8) is 0 Å². The van der Waals surface area contributed by atoms with Crippen LogP contribution >= 0.6 is 0 Å². The fraction of sp³-hybridized carbons (Fsp3) is 0.240. The second-order valence-corrected chi connectivity index (χ2v) is 8.32. The van der Waals surface area contributed by atoms with Gasteiger partial charge in [-0.2, -0.15) is 0 Å². The molecule has 1 atom stereocenters. The maximum Gasteiger partial charge on any atom is 0.295 e. The normalized spacial score (nSPS) is 17.4. The van der Waals surface area contributed by atoms with Gasteiger partial charge in [-0.3, -0.25) is 19.7 Å². The first kappa shape index (κ1) is 22.9. The van der Waals surface area contributed by atoms with Gasteiger partial charge in [-0.05, 0) is 37.5 Å². The Balaban J connectivity index is 1.81. The minimum absolute atomic E-state index is 0.0678. The quantitative estimate of drug-likeness (QED) is 0.188. The molecular formula is C25H24N4O5. The van der Waals surface area contributed by atoms with Gasteiger partial charge < -0.3 is 14.6 Å². The van der Waals surface area contributed by atoms with Crippen molar-refractivity contribution in [2.75, 3.05) is 6.54 Å². The molecule has 1 amide bonds. The number of benzene rings is 2. The molecule has 4 rings (SSSR count). The highest BCUT2D eigenvalue weighted by atomic mass is 16.6. The van der Waals surface area contributed by atoms with Gasteiger partial charge in [-0.1, -0.05) is 29.8 Å². The summed E-state index contributed by atoms with van der Waals surface area (Å²) in [5.41, 5.74) is 2.24. The van der Waals surface area contributed by atoms with Crippen LogP contribution in [0.15, 0.2) is 66.8 Å². The summed E-state index contributed by atoms with van der Waals surface area (Å²) in [5, 5.41) is 22.6. The Kier molecular flexibility index (Phi) is 6.27. The monoisotopic (exact) mass is 460 g/mol. The molecule has 0 bridgehead atoms. The van der Waals surface area contributed by atoms with Crippen molar-refractivity contribution in [2.24, 2.45) is 0 Å². The van der Waals surface area contributed by atoms with Gasteiger partial charge in [0.2, 0.25) is 0 Å². The molecule has 0 radical (unpaired) electrons. The highest BCUT2D eigenvalue weighted by molar-refractivity contribution is 6.46. The number of nitro benzene ring substituents is 1. The Bertz CT molecular complexity index is 1300.